The van der Waals surface area contributed by atoms with E-state index in [1.54, 1.807) is 33.8 Å². The molecule has 0 saturated heterocycles. The van der Waals surface area contributed by atoms with Gasteiger partial charge < -0.3 is 4.74 Å². The van der Waals surface area contributed by atoms with Crippen LogP contribution in [0.3, 0.4) is 0 Å². The van der Waals surface area contributed by atoms with E-state index >= 15 is 0 Å². The number of carbonyl (C=O) groups excluding carboxylic acids is 1. The van der Waals surface area contributed by atoms with E-state index < -0.39 is 17.1 Å². The normalized spacial score (nSPS) is 14.2. The van der Waals surface area contributed by atoms with Crippen molar-refractivity contribution < 1.29 is 9.53 Å². The number of esters is 1. The van der Waals surface area contributed by atoms with E-state index in [1.165, 1.54) is 0 Å². The molecule has 88 valence electrons. The maximum absolute atomic E-state index is 11.8. The number of carbonyl (C=O) groups is 1. The molecule has 16 heavy (non-hydrogen) atoms. The lowest BCUT2D eigenvalue weighted by Crippen LogP contribution is -2.40. The molecule has 0 saturated carbocycles. The zero-order chi connectivity index (χ0) is 12.8. The first kappa shape index (κ1) is 14.3. The van der Waals surface area contributed by atoms with Crippen molar-refractivity contribution in [3.8, 4) is 6.07 Å². The van der Waals surface area contributed by atoms with E-state index in [0.29, 0.717) is 6.42 Å². The molecule has 0 fully saturated rings. The summed E-state index contributed by atoms with van der Waals surface area (Å²) in [5.74, 6) is -0.790. The van der Waals surface area contributed by atoms with Crippen LogP contribution in [0.1, 0.15) is 40.5 Å². The topological polar surface area (TPSA) is 98.9 Å². The monoisotopic (exact) mass is 224 g/mol. The smallest absolute Gasteiger partial charge is 0.333 e. The van der Waals surface area contributed by atoms with Crippen molar-refractivity contribution in [1.82, 2.24) is 0 Å². The average molecular weight is 224 g/mol. The first-order valence-electron chi connectivity index (χ1n) is 5.02. The number of rotatable bonds is 4. The van der Waals surface area contributed by atoms with Gasteiger partial charge in [-0.3, -0.25) is 4.79 Å². The van der Waals surface area contributed by atoms with Gasteiger partial charge in [-0.1, -0.05) is 18.5 Å². The summed E-state index contributed by atoms with van der Waals surface area (Å²) < 4.78 is 5.07. The fourth-order valence-corrected chi connectivity index (χ4v) is 1.12. The van der Waals surface area contributed by atoms with Crippen molar-refractivity contribution in [3.05, 3.63) is 10.4 Å². The zero-order valence-electron chi connectivity index (χ0n) is 10.0. The van der Waals surface area contributed by atoms with Crippen LogP contribution in [0, 0.1) is 11.3 Å². The highest BCUT2D eigenvalue weighted by atomic mass is 16.6. The highest BCUT2D eigenvalue weighted by Gasteiger charge is 2.40. The molecule has 0 aromatic carbocycles. The highest BCUT2D eigenvalue weighted by molar-refractivity contribution is 5.85. The third-order valence-corrected chi connectivity index (χ3v) is 1.75. The summed E-state index contributed by atoms with van der Waals surface area (Å²) in [5.41, 5.74) is 5.96. The summed E-state index contributed by atoms with van der Waals surface area (Å²) in [5, 5.41) is 12.3. The molecular weight excluding hydrogens is 208 g/mol. The van der Waals surface area contributed by atoms with Crippen molar-refractivity contribution in [3.63, 3.8) is 0 Å². The average Bonchev–Trinajstić information content (AvgIpc) is 2.14. The van der Waals surface area contributed by atoms with Crippen LogP contribution >= 0.6 is 0 Å². The number of azide groups is 1. The van der Waals surface area contributed by atoms with Crippen LogP contribution in [0.25, 0.3) is 10.4 Å². The minimum Gasteiger partial charge on any atom is -0.459 e. The molecule has 0 bridgehead atoms. The second-order valence-corrected chi connectivity index (χ2v) is 4.41. The number of hydrogen-bond donors (Lipinski definition) is 0. The van der Waals surface area contributed by atoms with Gasteiger partial charge in [0.2, 0.25) is 5.54 Å². The molecule has 0 unspecified atom stereocenters. The van der Waals surface area contributed by atoms with Crippen LogP contribution in [0.15, 0.2) is 5.11 Å². The van der Waals surface area contributed by atoms with Crippen molar-refractivity contribution in [1.29, 1.82) is 5.26 Å². The van der Waals surface area contributed by atoms with Crippen molar-refractivity contribution >= 4 is 5.97 Å². The van der Waals surface area contributed by atoms with Gasteiger partial charge in [-0.25, -0.2) is 0 Å². The molecule has 6 nitrogen and oxygen atoms in total. The van der Waals surface area contributed by atoms with Gasteiger partial charge in [0, 0.05) is 4.91 Å². The summed E-state index contributed by atoms with van der Waals surface area (Å²) >= 11 is 0. The van der Waals surface area contributed by atoms with Crippen LogP contribution in [0.4, 0.5) is 0 Å². The van der Waals surface area contributed by atoms with E-state index in [1.807, 2.05) is 0 Å². The van der Waals surface area contributed by atoms with Crippen LogP contribution in [-0.4, -0.2) is 17.1 Å². The van der Waals surface area contributed by atoms with E-state index in [4.69, 9.17) is 15.5 Å². The Morgan fingerprint density at radius 1 is 1.56 bits per heavy atom. The van der Waals surface area contributed by atoms with E-state index in [0.717, 1.165) is 0 Å². The molecule has 0 aromatic heterocycles. The second kappa shape index (κ2) is 5.38. The van der Waals surface area contributed by atoms with Gasteiger partial charge in [-0.2, -0.15) is 5.26 Å². The van der Waals surface area contributed by atoms with Gasteiger partial charge in [0.1, 0.15) is 5.60 Å². The number of nitriles is 1. The Balaban J connectivity index is 5.12. The Morgan fingerprint density at radius 2 is 2.12 bits per heavy atom. The lowest BCUT2D eigenvalue weighted by Gasteiger charge is -2.25. The molecule has 0 amide bonds. The molecule has 0 N–H and O–H groups in total. The van der Waals surface area contributed by atoms with E-state index in [-0.39, 0.29) is 6.42 Å². The van der Waals surface area contributed by atoms with Gasteiger partial charge in [0.25, 0.3) is 0 Å². The Labute approximate surface area is 94.8 Å². The van der Waals surface area contributed by atoms with Gasteiger partial charge in [0.05, 0.1) is 6.07 Å². The third kappa shape index (κ3) is 3.79. The van der Waals surface area contributed by atoms with E-state index in [9.17, 15) is 4.79 Å². The molecule has 1 atom stereocenters. The molecule has 0 heterocycles. The fourth-order valence-electron chi connectivity index (χ4n) is 1.12. The quantitative estimate of drug-likeness (QED) is 0.317. The van der Waals surface area contributed by atoms with E-state index in [2.05, 4.69) is 10.0 Å². The molecular formula is C10H16N4O2. The Bertz CT molecular complexity index is 347. The predicted octanol–water partition coefficient (Wildman–Crippen LogP) is 2.70. The van der Waals surface area contributed by atoms with Crippen molar-refractivity contribution in [2.75, 3.05) is 0 Å². The van der Waals surface area contributed by atoms with Crippen LogP contribution in [0.5, 0.6) is 0 Å². The Morgan fingerprint density at radius 3 is 2.44 bits per heavy atom. The lowest BCUT2D eigenvalue weighted by atomic mass is 9.96. The Hall–Kier alpha value is -1.73. The van der Waals surface area contributed by atoms with Crippen molar-refractivity contribution in [2.24, 2.45) is 5.11 Å². The van der Waals surface area contributed by atoms with Gasteiger partial charge >= 0.3 is 5.97 Å². The third-order valence-electron chi connectivity index (χ3n) is 1.75. The number of ether oxygens (including phenoxy) is 1. The molecule has 6 heteroatoms. The summed E-state index contributed by atoms with van der Waals surface area (Å²) in [4.78, 5) is 14.3. The largest absolute Gasteiger partial charge is 0.459 e. The highest BCUT2D eigenvalue weighted by Crippen LogP contribution is 2.23. The van der Waals surface area contributed by atoms with Gasteiger partial charge in [-0.05, 0) is 32.7 Å². The summed E-state index contributed by atoms with van der Waals surface area (Å²) in [7, 11) is 0. The SMILES string of the molecule is CCC[C@](C#N)(N=[N+]=[N-])C(=O)OC(C)(C)C. The van der Waals surface area contributed by atoms with Crippen LogP contribution in [0.2, 0.25) is 0 Å². The van der Waals surface area contributed by atoms with Crippen LogP contribution < -0.4 is 0 Å². The molecule has 0 radical (unpaired) electrons. The molecule has 0 aliphatic rings. The molecule has 0 aliphatic heterocycles. The molecule has 0 rings (SSSR count). The molecule has 0 aliphatic carbocycles. The minimum atomic E-state index is -1.74. The maximum atomic E-state index is 11.8. The molecule has 0 spiro atoms. The first-order chi connectivity index (χ1) is 7.31. The summed E-state index contributed by atoms with van der Waals surface area (Å²) in [6.07, 6.45) is 0.703. The lowest BCUT2D eigenvalue weighted by molar-refractivity contribution is -0.159. The second-order valence-electron chi connectivity index (χ2n) is 4.41. The first-order valence-corrected chi connectivity index (χ1v) is 5.02. The number of nitrogens with zero attached hydrogens (tertiary/aromatic N) is 4. The Kier molecular flexibility index (Phi) is 4.80. The standard InChI is InChI=1S/C10H16N4O2/c1-5-6-10(7-11,13-14-12)8(15)16-9(2,3)4/h5-6H2,1-4H3/t10-/m1/s1. The maximum Gasteiger partial charge on any atom is 0.333 e. The van der Waals surface area contributed by atoms with Crippen molar-refractivity contribution in [2.45, 2.75) is 51.7 Å². The van der Waals surface area contributed by atoms with Gasteiger partial charge in [-0.15, -0.1) is 0 Å². The van der Waals surface area contributed by atoms with Gasteiger partial charge in [0.15, 0.2) is 0 Å². The summed E-state index contributed by atoms with van der Waals surface area (Å²) in [6, 6.07) is 1.74. The zero-order valence-corrected chi connectivity index (χ0v) is 10.0. The van der Waals surface area contributed by atoms with Crippen LogP contribution in [-0.2, 0) is 9.53 Å². The molecule has 0 aromatic rings. The number of hydrogen-bond acceptors (Lipinski definition) is 4. The minimum absolute atomic E-state index is 0.155. The summed E-state index contributed by atoms with van der Waals surface area (Å²) in [6.45, 7) is 6.86. The fraction of sp³-hybridized carbons (Fsp3) is 0.800. The predicted molar refractivity (Wildman–Crippen MR) is 58.2 cm³/mol.